The van der Waals surface area contributed by atoms with Crippen LogP contribution in [0.15, 0.2) is 18.2 Å². The van der Waals surface area contributed by atoms with Gasteiger partial charge in [-0.15, -0.1) is 0 Å². The molecular weight excluding hydrogens is 372 g/mol. The van der Waals surface area contributed by atoms with Gasteiger partial charge in [-0.1, -0.05) is 0 Å². The maximum Gasteiger partial charge on any atom is 0.314 e. The van der Waals surface area contributed by atoms with Crippen molar-refractivity contribution in [3.63, 3.8) is 0 Å². The van der Waals surface area contributed by atoms with Crippen molar-refractivity contribution in [2.24, 2.45) is 17.8 Å². The van der Waals surface area contributed by atoms with E-state index >= 15 is 0 Å². The Bertz CT molecular complexity index is 941. The number of carbonyl (C=O) groups excluding carboxylic acids is 1. The van der Waals surface area contributed by atoms with E-state index in [0.717, 1.165) is 37.2 Å². The number of aromatic nitrogens is 1. The van der Waals surface area contributed by atoms with E-state index in [1.54, 1.807) is 7.11 Å². The maximum absolute atomic E-state index is 12.5. The number of carbonyl (C=O) groups is 1. The quantitative estimate of drug-likeness (QED) is 0.753. The van der Waals surface area contributed by atoms with Gasteiger partial charge in [0.2, 0.25) is 0 Å². The van der Waals surface area contributed by atoms with Crippen LogP contribution in [0.5, 0.6) is 5.75 Å². The van der Waals surface area contributed by atoms with Gasteiger partial charge >= 0.3 is 5.97 Å². The van der Waals surface area contributed by atoms with Gasteiger partial charge in [0, 0.05) is 41.7 Å². The van der Waals surface area contributed by atoms with Crippen LogP contribution in [0.2, 0.25) is 0 Å². The molecule has 1 aromatic carbocycles. The average Bonchev–Trinajstić information content (AvgIpc) is 3.10. The van der Waals surface area contributed by atoms with Crippen molar-refractivity contribution in [1.82, 2.24) is 9.88 Å². The molecule has 2 N–H and O–H groups in total. The Morgan fingerprint density at radius 3 is 2.90 bits per heavy atom. The first-order chi connectivity index (χ1) is 14.0. The number of nitrogens with one attached hydrogen (secondary N) is 1. The van der Waals surface area contributed by atoms with E-state index in [1.807, 2.05) is 19.1 Å². The van der Waals surface area contributed by atoms with Gasteiger partial charge in [0.1, 0.15) is 11.7 Å². The number of piperidine rings is 1. The summed E-state index contributed by atoms with van der Waals surface area (Å²) in [6.07, 6.45) is 0.588. The Kier molecular flexibility index (Phi) is 4.57. The second kappa shape index (κ2) is 7.00. The first-order valence-corrected chi connectivity index (χ1v) is 10.4. The van der Waals surface area contributed by atoms with Crippen LogP contribution in [0.3, 0.4) is 0 Å². The Balaban J connectivity index is 1.53. The van der Waals surface area contributed by atoms with Crippen LogP contribution in [0.4, 0.5) is 0 Å². The molecule has 0 aliphatic carbocycles. The van der Waals surface area contributed by atoms with Gasteiger partial charge in [0.25, 0.3) is 0 Å². The Labute approximate surface area is 169 Å². The highest BCUT2D eigenvalue weighted by Gasteiger charge is 2.52. The molecule has 1 aromatic heterocycles. The van der Waals surface area contributed by atoms with Crippen molar-refractivity contribution in [1.29, 1.82) is 0 Å². The predicted molar refractivity (Wildman–Crippen MR) is 107 cm³/mol. The first kappa shape index (κ1) is 18.9. The van der Waals surface area contributed by atoms with Gasteiger partial charge in [0.05, 0.1) is 26.4 Å². The Hall–Kier alpha value is -2.09. The SMILES string of the molecule is COC(=O)C1C(O)OC(C)C2CN3CCc4c([nH]c5cc(OC)ccc45)C3CC21. The summed E-state index contributed by atoms with van der Waals surface area (Å²) >= 11 is 0. The molecule has 6 unspecified atom stereocenters. The number of rotatable bonds is 2. The fraction of sp³-hybridized carbons (Fsp3) is 0.591. The lowest BCUT2D eigenvalue weighted by Gasteiger charge is -2.52. The van der Waals surface area contributed by atoms with E-state index in [2.05, 4.69) is 16.0 Å². The summed E-state index contributed by atoms with van der Waals surface area (Å²) in [5.74, 6) is 0.0337. The van der Waals surface area contributed by atoms with E-state index in [0.29, 0.717) is 0 Å². The molecule has 0 radical (unpaired) electrons. The molecule has 2 aromatic rings. The summed E-state index contributed by atoms with van der Waals surface area (Å²) in [6.45, 7) is 3.84. The summed E-state index contributed by atoms with van der Waals surface area (Å²) in [6, 6.07) is 6.37. The summed E-state index contributed by atoms with van der Waals surface area (Å²) in [7, 11) is 3.05. The molecule has 5 rings (SSSR count). The second-order valence-corrected chi connectivity index (χ2v) is 8.53. The van der Waals surface area contributed by atoms with Crippen LogP contribution < -0.4 is 4.74 Å². The average molecular weight is 400 g/mol. The Morgan fingerprint density at radius 2 is 2.14 bits per heavy atom. The second-order valence-electron chi connectivity index (χ2n) is 8.53. The summed E-state index contributed by atoms with van der Waals surface area (Å²) in [4.78, 5) is 18.6. The summed E-state index contributed by atoms with van der Waals surface area (Å²) < 4.78 is 16.1. The van der Waals surface area contributed by atoms with E-state index < -0.39 is 12.2 Å². The van der Waals surface area contributed by atoms with Gasteiger partial charge in [-0.2, -0.15) is 0 Å². The number of hydrogen-bond acceptors (Lipinski definition) is 6. The maximum atomic E-state index is 12.5. The van der Waals surface area contributed by atoms with Gasteiger partial charge in [-0.25, -0.2) is 0 Å². The number of esters is 1. The van der Waals surface area contributed by atoms with Gasteiger partial charge in [-0.05, 0) is 43.4 Å². The zero-order valence-corrected chi connectivity index (χ0v) is 17.1. The van der Waals surface area contributed by atoms with Gasteiger partial charge < -0.3 is 24.3 Å². The molecule has 29 heavy (non-hydrogen) atoms. The van der Waals surface area contributed by atoms with E-state index in [1.165, 1.54) is 23.8 Å². The zero-order valence-electron chi connectivity index (χ0n) is 17.1. The van der Waals surface area contributed by atoms with Crippen LogP contribution in [0.25, 0.3) is 10.9 Å². The molecule has 0 saturated carbocycles. The van der Waals surface area contributed by atoms with E-state index in [9.17, 15) is 9.90 Å². The molecule has 3 aliphatic heterocycles. The van der Waals surface area contributed by atoms with E-state index in [4.69, 9.17) is 14.2 Å². The van der Waals surface area contributed by atoms with Crippen molar-refractivity contribution in [2.45, 2.75) is 38.2 Å². The van der Waals surface area contributed by atoms with Crippen molar-refractivity contribution in [3.8, 4) is 5.75 Å². The van der Waals surface area contributed by atoms with Gasteiger partial charge in [-0.3, -0.25) is 9.69 Å². The fourth-order valence-electron chi connectivity index (χ4n) is 5.81. The number of aliphatic hydroxyl groups is 1. The number of nitrogens with zero attached hydrogens (tertiary/aromatic N) is 1. The van der Waals surface area contributed by atoms with E-state index in [-0.39, 0.29) is 30.0 Å². The molecule has 156 valence electrons. The third kappa shape index (κ3) is 2.86. The molecule has 7 heteroatoms. The number of aromatic amines is 1. The van der Waals surface area contributed by atoms with Crippen LogP contribution in [-0.2, 0) is 20.7 Å². The molecule has 2 fully saturated rings. The number of benzene rings is 1. The highest BCUT2D eigenvalue weighted by molar-refractivity contribution is 5.86. The molecule has 0 bridgehead atoms. The molecule has 7 nitrogen and oxygen atoms in total. The molecule has 6 atom stereocenters. The minimum atomic E-state index is -1.11. The van der Waals surface area contributed by atoms with Crippen molar-refractivity contribution in [2.75, 3.05) is 27.3 Å². The number of aliphatic hydroxyl groups excluding tert-OH is 1. The largest absolute Gasteiger partial charge is 0.497 e. The third-order valence-corrected chi connectivity index (χ3v) is 7.26. The topological polar surface area (TPSA) is 84.0 Å². The highest BCUT2D eigenvalue weighted by atomic mass is 16.6. The smallest absolute Gasteiger partial charge is 0.314 e. The lowest BCUT2D eigenvalue weighted by Crippen LogP contribution is -2.58. The molecule has 0 spiro atoms. The van der Waals surface area contributed by atoms with Crippen molar-refractivity contribution < 1.29 is 24.1 Å². The minimum absolute atomic E-state index is 0.0225. The monoisotopic (exact) mass is 400 g/mol. The van der Waals surface area contributed by atoms with Crippen molar-refractivity contribution >= 4 is 16.9 Å². The molecule has 4 heterocycles. The van der Waals surface area contributed by atoms with Crippen LogP contribution >= 0.6 is 0 Å². The number of methoxy groups -OCH3 is 2. The molecule has 3 aliphatic rings. The van der Waals surface area contributed by atoms with Gasteiger partial charge in [0.15, 0.2) is 6.29 Å². The number of hydrogen-bond donors (Lipinski definition) is 2. The highest BCUT2D eigenvalue weighted by Crippen LogP contribution is 2.49. The lowest BCUT2D eigenvalue weighted by atomic mass is 9.68. The summed E-state index contributed by atoms with van der Waals surface area (Å²) in [5, 5.41) is 11.7. The number of fused-ring (bicyclic) bond motifs is 6. The predicted octanol–water partition coefficient (Wildman–Crippen LogP) is 2.24. The number of H-pyrrole nitrogens is 1. The minimum Gasteiger partial charge on any atom is -0.497 e. The first-order valence-electron chi connectivity index (χ1n) is 10.4. The summed E-state index contributed by atoms with van der Waals surface area (Å²) in [5.41, 5.74) is 3.68. The molecule has 2 saturated heterocycles. The van der Waals surface area contributed by atoms with Crippen LogP contribution in [0.1, 0.15) is 30.6 Å². The van der Waals surface area contributed by atoms with Crippen LogP contribution in [-0.4, -0.2) is 60.7 Å². The zero-order chi connectivity index (χ0) is 20.3. The number of ether oxygens (including phenoxy) is 3. The lowest BCUT2D eigenvalue weighted by molar-refractivity contribution is -0.245. The fourth-order valence-corrected chi connectivity index (χ4v) is 5.81. The Morgan fingerprint density at radius 1 is 1.31 bits per heavy atom. The third-order valence-electron chi connectivity index (χ3n) is 7.26. The van der Waals surface area contributed by atoms with Crippen molar-refractivity contribution in [3.05, 3.63) is 29.5 Å². The molecular formula is C22H28N2O5. The standard InChI is InChI=1S/C22H28N2O5/c1-11-16-10-24-7-6-14-13-5-4-12(27-2)8-17(13)23-20(14)18(24)9-15(16)19(21(25)28-3)22(26)29-11/h4-5,8,11,15-16,18-19,22-23,26H,6-7,9-10H2,1-3H3. The van der Waals surface area contributed by atoms with Crippen LogP contribution in [0, 0.1) is 17.8 Å². The normalized spacial score (nSPS) is 34.2. The molecule has 0 amide bonds.